The van der Waals surface area contributed by atoms with E-state index in [-0.39, 0.29) is 0 Å². The van der Waals surface area contributed by atoms with E-state index in [1.54, 1.807) is 6.92 Å². The highest BCUT2D eigenvalue weighted by atomic mass is 16.4. The van der Waals surface area contributed by atoms with Gasteiger partial charge < -0.3 is 5.21 Å². The Morgan fingerprint density at radius 3 is 2.67 bits per heavy atom. The molecule has 0 spiro atoms. The number of aromatic nitrogens is 1. The number of oxime groups is 1. The topological polar surface area (TPSA) is 45.5 Å². The van der Waals surface area contributed by atoms with Crippen molar-refractivity contribution < 1.29 is 5.21 Å². The van der Waals surface area contributed by atoms with E-state index in [0.29, 0.717) is 5.71 Å². The first-order valence-electron chi connectivity index (χ1n) is 3.78. The van der Waals surface area contributed by atoms with Gasteiger partial charge in [0.05, 0.1) is 5.69 Å². The largest absolute Gasteiger partial charge is 0.411 e. The molecule has 1 N–H and O–H groups in total. The first-order chi connectivity index (χ1) is 5.65. The molecule has 0 saturated carbocycles. The van der Waals surface area contributed by atoms with Crippen molar-refractivity contribution in [1.82, 2.24) is 4.98 Å². The summed E-state index contributed by atoms with van der Waals surface area (Å²) >= 11 is 0. The van der Waals surface area contributed by atoms with Crippen molar-refractivity contribution in [1.29, 1.82) is 0 Å². The molecule has 0 aliphatic heterocycles. The summed E-state index contributed by atoms with van der Waals surface area (Å²) < 4.78 is 0. The number of nitrogens with zero attached hydrogens (tertiary/aromatic N) is 2. The van der Waals surface area contributed by atoms with E-state index in [1.807, 2.05) is 26.0 Å². The molecule has 1 heterocycles. The zero-order valence-electron chi connectivity index (χ0n) is 7.50. The van der Waals surface area contributed by atoms with Crippen molar-refractivity contribution in [3.8, 4) is 0 Å². The molecule has 0 aliphatic carbocycles. The van der Waals surface area contributed by atoms with Gasteiger partial charge >= 0.3 is 0 Å². The SMILES string of the molecule is C/C(=N\O)c1nc(C)ccc1C. The van der Waals surface area contributed by atoms with Crippen LogP contribution in [0.5, 0.6) is 0 Å². The molecule has 1 rings (SSSR count). The number of hydrogen-bond donors (Lipinski definition) is 1. The zero-order chi connectivity index (χ0) is 9.14. The summed E-state index contributed by atoms with van der Waals surface area (Å²) in [5.41, 5.74) is 3.27. The Bertz CT molecular complexity index is 318. The Balaban J connectivity index is 3.23. The van der Waals surface area contributed by atoms with Crippen LogP contribution in [0.15, 0.2) is 17.3 Å². The van der Waals surface area contributed by atoms with Gasteiger partial charge in [0.2, 0.25) is 0 Å². The van der Waals surface area contributed by atoms with Crippen LogP contribution in [0, 0.1) is 13.8 Å². The second-order valence-electron chi connectivity index (χ2n) is 2.80. The number of hydrogen-bond acceptors (Lipinski definition) is 3. The smallest absolute Gasteiger partial charge is 0.102 e. The monoisotopic (exact) mass is 164 g/mol. The Kier molecular flexibility index (Phi) is 2.43. The molecule has 0 unspecified atom stereocenters. The minimum atomic E-state index is 0.552. The van der Waals surface area contributed by atoms with Gasteiger partial charge in [-0.25, -0.2) is 0 Å². The normalized spacial score (nSPS) is 11.8. The van der Waals surface area contributed by atoms with Crippen molar-refractivity contribution in [2.24, 2.45) is 5.16 Å². The van der Waals surface area contributed by atoms with Crippen LogP contribution in [0.25, 0.3) is 0 Å². The van der Waals surface area contributed by atoms with Crippen molar-refractivity contribution in [3.63, 3.8) is 0 Å². The second kappa shape index (κ2) is 3.34. The van der Waals surface area contributed by atoms with Gasteiger partial charge in [-0.05, 0) is 32.4 Å². The van der Waals surface area contributed by atoms with E-state index in [0.717, 1.165) is 17.0 Å². The fourth-order valence-corrected chi connectivity index (χ4v) is 1.04. The summed E-state index contributed by atoms with van der Waals surface area (Å²) in [5.74, 6) is 0. The summed E-state index contributed by atoms with van der Waals surface area (Å²) in [4.78, 5) is 4.25. The van der Waals surface area contributed by atoms with Gasteiger partial charge in [0.15, 0.2) is 0 Å². The van der Waals surface area contributed by atoms with E-state index >= 15 is 0 Å². The maximum absolute atomic E-state index is 8.55. The maximum atomic E-state index is 8.55. The molecule has 3 heteroatoms. The molecule has 3 nitrogen and oxygen atoms in total. The number of rotatable bonds is 1. The summed E-state index contributed by atoms with van der Waals surface area (Å²) in [6, 6.07) is 3.90. The molecule has 12 heavy (non-hydrogen) atoms. The molecule has 0 saturated heterocycles. The lowest BCUT2D eigenvalue weighted by atomic mass is 10.1. The van der Waals surface area contributed by atoms with Crippen molar-refractivity contribution in [2.75, 3.05) is 0 Å². The second-order valence-corrected chi connectivity index (χ2v) is 2.80. The fraction of sp³-hybridized carbons (Fsp3) is 0.333. The van der Waals surface area contributed by atoms with Gasteiger partial charge in [-0.15, -0.1) is 0 Å². The lowest BCUT2D eigenvalue weighted by Crippen LogP contribution is -2.02. The molecule has 0 aromatic carbocycles. The van der Waals surface area contributed by atoms with Crippen molar-refractivity contribution in [3.05, 3.63) is 29.1 Å². The van der Waals surface area contributed by atoms with Crippen LogP contribution in [0.2, 0.25) is 0 Å². The lowest BCUT2D eigenvalue weighted by Gasteiger charge is -2.02. The van der Waals surface area contributed by atoms with Crippen LogP contribution in [-0.4, -0.2) is 15.9 Å². The van der Waals surface area contributed by atoms with Crippen molar-refractivity contribution in [2.45, 2.75) is 20.8 Å². The quantitative estimate of drug-likeness (QED) is 0.391. The van der Waals surface area contributed by atoms with Crippen LogP contribution in [0.3, 0.4) is 0 Å². The van der Waals surface area contributed by atoms with Crippen molar-refractivity contribution >= 4 is 5.71 Å². The zero-order valence-corrected chi connectivity index (χ0v) is 7.50. The molecule has 0 bridgehead atoms. The maximum Gasteiger partial charge on any atom is 0.102 e. The van der Waals surface area contributed by atoms with E-state index in [4.69, 9.17) is 5.21 Å². The minimum Gasteiger partial charge on any atom is -0.411 e. The third kappa shape index (κ3) is 1.61. The molecule has 0 atom stereocenters. The van der Waals surface area contributed by atoms with Gasteiger partial charge in [-0.2, -0.15) is 0 Å². The summed E-state index contributed by atoms with van der Waals surface area (Å²) in [6.45, 7) is 5.58. The van der Waals surface area contributed by atoms with E-state index in [9.17, 15) is 0 Å². The molecule has 0 fully saturated rings. The van der Waals surface area contributed by atoms with Gasteiger partial charge in [-0.3, -0.25) is 4.98 Å². The number of pyridine rings is 1. The van der Waals surface area contributed by atoms with Crippen LogP contribution >= 0.6 is 0 Å². The third-order valence-electron chi connectivity index (χ3n) is 1.73. The third-order valence-corrected chi connectivity index (χ3v) is 1.73. The van der Waals surface area contributed by atoms with Crippen LogP contribution in [0.4, 0.5) is 0 Å². The average Bonchev–Trinajstić information content (AvgIpc) is 2.08. The molecule has 0 radical (unpaired) electrons. The molecule has 64 valence electrons. The highest BCUT2D eigenvalue weighted by molar-refractivity contribution is 5.97. The number of aryl methyl sites for hydroxylation is 2. The Labute approximate surface area is 71.8 Å². The molecule has 1 aromatic rings. The molecule has 0 amide bonds. The molecular weight excluding hydrogens is 152 g/mol. The first kappa shape index (κ1) is 8.71. The Morgan fingerprint density at radius 1 is 1.42 bits per heavy atom. The minimum absolute atomic E-state index is 0.552. The van der Waals surface area contributed by atoms with Crippen LogP contribution < -0.4 is 0 Å². The van der Waals surface area contributed by atoms with Crippen LogP contribution in [0.1, 0.15) is 23.9 Å². The Hall–Kier alpha value is -1.38. The predicted molar refractivity (Wildman–Crippen MR) is 47.7 cm³/mol. The lowest BCUT2D eigenvalue weighted by molar-refractivity contribution is 0.319. The summed E-state index contributed by atoms with van der Waals surface area (Å²) in [5, 5.41) is 11.7. The standard InChI is InChI=1S/C9H12N2O/c1-6-4-5-7(2)10-9(6)8(3)11-12/h4-5,12H,1-3H3/b11-8+. The first-order valence-corrected chi connectivity index (χ1v) is 3.78. The fourth-order valence-electron chi connectivity index (χ4n) is 1.04. The van der Waals surface area contributed by atoms with Gasteiger partial charge in [0, 0.05) is 5.69 Å². The highest BCUT2D eigenvalue weighted by Gasteiger charge is 2.03. The van der Waals surface area contributed by atoms with Gasteiger partial charge in [-0.1, -0.05) is 11.2 Å². The molecular formula is C9H12N2O. The van der Waals surface area contributed by atoms with E-state index in [1.165, 1.54) is 0 Å². The summed E-state index contributed by atoms with van der Waals surface area (Å²) in [7, 11) is 0. The van der Waals surface area contributed by atoms with Gasteiger partial charge in [0.25, 0.3) is 0 Å². The van der Waals surface area contributed by atoms with E-state index < -0.39 is 0 Å². The van der Waals surface area contributed by atoms with Gasteiger partial charge in [0.1, 0.15) is 5.71 Å². The molecule has 1 aromatic heterocycles. The summed E-state index contributed by atoms with van der Waals surface area (Å²) in [6.07, 6.45) is 0. The molecule has 0 aliphatic rings. The van der Waals surface area contributed by atoms with E-state index in [2.05, 4.69) is 10.1 Å². The highest BCUT2D eigenvalue weighted by Crippen LogP contribution is 2.06. The Morgan fingerprint density at radius 2 is 2.08 bits per heavy atom. The average molecular weight is 164 g/mol. The predicted octanol–water partition coefficient (Wildman–Crippen LogP) is 1.90. The van der Waals surface area contributed by atoms with Crippen LogP contribution in [-0.2, 0) is 0 Å².